The number of benzene rings is 2. The van der Waals surface area contributed by atoms with Gasteiger partial charge in [0.15, 0.2) is 16.6 Å². The van der Waals surface area contributed by atoms with Gasteiger partial charge in [0.25, 0.3) is 5.56 Å². The molecule has 1 heterocycles. The average molecular weight is 459 g/mol. The first-order valence-electron chi connectivity index (χ1n) is 10.0. The molecular weight excluding hydrogens is 431 g/mol. The van der Waals surface area contributed by atoms with Crippen molar-refractivity contribution in [1.29, 1.82) is 0 Å². The summed E-state index contributed by atoms with van der Waals surface area (Å²) in [5.41, 5.74) is 1.69. The first kappa shape index (κ1) is 23.5. The Morgan fingerprint density at radius 3 is 2.34 bits per heavy atom. The van der Waals surface area contributed by atoms with E-state index in [2.05, 4.69) is 10.3 Å². The summed E-state index contributed by atoms with van der Waals surface area (Å²) in [6, 6.07) is 11.4. The largest absolute Gasteiger partial charge is 0.493 e. The molecule has 9 heteroatoms. The molecule has 0 aliphatic heterocycles. The number of pyridine rings is 1. The molecule has 0 unspecified atom stereocenters. The lowest BCUT2D eigenvalue weighted by molar-refractivity contribution is 0.327. The highest BCUT2D eigenvalue weighted by Crippen LogP contribution is 2.31. The molecule has 3 aromatic rings. The Morgan fingerprint density at radius 1 is 1.06 bits per heavy atom. The van der Waals surface area contributed by atoms with Crippen molar-refractivity contribution in [3.63, 3.8) is 0 Å². The summed E-state index contributed by atoms with van der Waals surface area (Å²) in [7, 11) is 7.06. The number of hydrogen-bond donors (Lipinski definition) is 2. The lowest BCUT2D eigenvalue weighted by atomic mass is 10.1. The van der Waals surface area contributed by atoms with E-state index in [1.54, 1.807) is 32.4 Å². The third-order valence-electron chi connectivity index (χ3n) is 4.99. The Kier molecular flexibility index (Phi) is 7.66. The van der Waals surface area contributed by atoms with Crippen LogP contribution in [-0.2, 0) is 6.54 Å². The number of ether oxygens (including phenoxy) is 2. The molecule has 0 aliphatic rings. The smallest absolute Gasteiger partial charge is 0.253 e. The molecule has 170 valence electrons. The van der Waals surface area contributed by atoms with Crippen molar-refractivity contribution in [1.82, 2.24) is 14.8 Å². The molecule has 0 bridgehead atoms. The van der Waals surface area contributed by atoms with Crippen molar-refractivity contribution in [2.75, 3.05) is 46.7 Å². The molecule has 0 radical (unpaired) electrons. The van der Waals surface area contributed by atoms with E-state index in [1.165, 1.54) is 12.1 Å². The van der Waals surface area contributed by atoms with Crippen LogP contribution in [-0.4, -0.2) is 61.3 Å². The van der Waals surface area contributed by atoms with E-state index in [0.717, 1.165) is 11.9 Å². The molecule has 0 aliphatic carbocycles. The van der Waals surface area contributed by atoms with Crippen LogP contribution in [0.15, 0.2) is 47.3 Å². The highest BCUT2D eigenvalue weighted by molar-refractivity contribution is 7.80. The van der Waals surface area contributed by atoms with E-state index >= 15 is 0 Å². The van der Waals surface area contributed by atoms with Crippen LogP contribution in [0, 0.1) is 5.82 Å². The molecule has 1 aromatic heterocycles. The second-order valence-corrected chi connectivity index (χ2v) is 7.97. The monoisotopic (exact) mass is 458 g/mol. The Bertz CT molecular complexity index is 1150. The number of methoxy groups -OCH3 is 2. The molecule has 0 spiro atoms. The van der Waals surface area contributed by atoms with Crippen LogP contribution in [0.4, 0.5) is 10.1 Å². The molecule has 2 aromatic carbocycles. The molecule has 0 amide bonds. The minimum absolute atomic E-state index is 0.204. The lowest BCUT2D eigenvalue weighted by Crippen LogP contribution is -2.40. The standard InChI is InChI=1S/C23H27FN4O3S/c1-27(2)9-10-28(23(32)25-18-7-5-17(24)6-8-18)14-16-11-15-12-20(30-3)21(31-4)13-19(15)26-22(16)29/h5-8,11-13H,9-10,14H2,1-4H3,(H,25,32)(H,26,29). The predicted molar refractivity (Wildman–Crippen MR) is 129 cm³/mol. The fourth-order valence-corrected chi connectivity index (χ4v) is 3.48. The Balaban J connectivity index is 1.90. The van der Waals surface area contributed by atoms with Gasteiger partial charge < -0.3 is 29.6 Å². The molecule has 0 saturated heterocycles. The minimum Gasteiger partial charge on any atom is -0.493 e. The van der Waals surface area contributed by atoms with Gasteiger partial charge in [-0.05, 0) is 62.7 Å². The maximum Gasteiger partial charge on any atom is 0.253 e. The van der Waals surface area contributed by atoms with Crippen LogP contribution >= 0.6 is 12.2 Å². The van der Waals surface area contributed by atoms with Crippen LogP contribution in [0.5, 0.6) is 11.5 Å². The van der Waals surface area contributed by atoms with Crippen molar-refractivity contribution in [2.45, 2.75) is 6.54 Å². The zero-order valence-electron chi connectivity index (χ0n) is 18.6. The number of anilines is 1. The number of nitrogens with zero attached hydrogens (tertiary/aromatic N) is 2. The van der Waals surface area contributed by atoms with Crippen LogP contribution in [0.3, 0.4) is 0 Å². The molecule has 0 atom stereocenters. The van der Waals surface area contributed by atoms with Crippen molar-refractivity contribution in [3.8, 4) is 11.5 Å². The summed E-state index contributed by atoms with van der Waals surface area (Å²) >= 11 is 5.61. The molecular formula is C23H27FN4O3S. The highest BCUT2D eigenvalue weighted by Gasteiger charge is 2.15. The second-order valence-electron chi connectivity index (χ2n) is 7.58. The van der Waals surface area contributed by atoms with Crippen molar-refractivity contribution < 1.29 is 13.9 Å². The van der Waals surface area contributed by atoms with Crippen molar-refractivity contribution >= 4 is 33.9 Å². The average Bonchev–Trinajstić information content (AvgIpc) is 2.77. The van der Waals surface area contributed by atoms with E-state index in [-0.39, 0.29) is 11.4 Å². The quantitative estimate of drug-likeness (QED) is 0.501. The summed E-state index contributed by atoms with van der Waals surface area (Å²) in [5.74, 6) is 0.803. The first-order valence-corrected chi connectivity index (χ1v) is 10.5. The number of H-pyrrole nitrogens is 1. The topological polar surface area (TPSA) is 69.8 Å². The van der Waals surface area contributed by atoms with Gasteiger partial charge in [0.2, 0.25) is 0 Å². The highest BCUT2D eigenvalue weighted by atomic mass is 32.1. The zero-order valence-corrected chi connectivity index (χ0v) is 19.4. The summed E-state index contributed by atoms with van der Waals surface area (Å²) < 4.78 is 23.9. The number of halogens is 1. The zero-order chi connectivity index (χ0) is 23.3. The Labute approximate surface area is 191 Å². The van der Waals surface area contributed by atoms with E-state index < -0.39 is 0 Å². The molecule has 2 N–H and O–H groups in total. The maximum atomic E-state index is 13.2. The molecule has 3 rings (SSSR count). The van der Waals surface area contributed by atoms with Gasteiger partial charge in [-0.2, -0.15) is 0 Å². The van der Waals surface area contributed by atoms with Crippen LogP contribution in [0.2, 0.25) is 0 Å². The first-order chi connectivity index (χ1) is 15.3. The second kappa shape index (κ2) is 10.4. The van der Waals surface area contributed by atoms with Gasteiger partial charge in [0, 0.05) is 35.8 Å². The molecule has 32 heavy (non-hydrogen) atoms. The fraction of sp³-hybridized carbons (Fsp3) is 0.304. The lowest BCUT2D eigenvalue weighted by Gasteiger charge is -2.27. The van der Waals surface area contributed by atoms with Gasteiger partial charge in [-0.1, -0.05) is 0 Å². The van der Waals surface area contributed by atoms with Crippen LogP contribution < -0.4 is 20.3 Å². The summed E-state index contributed by atoms with van der Waals surface area (Å²) in [5, 5.41) is 4.40. The Hall–Kier alpha value is -3.17. The van der Waals surface area contributed by atoms with Crippen molar-refractivity contribution in [3.05, 3.63) is 64.2 Å². The molecule has 0 fully saturated rings. The van der Waals surface area contributed by atoms with E-state index in [0.29, 0.717) is 46.5 Å². The molecule has 0 saturated carbocycles. The summed E-state index contributed by atoms with van der Waals surface area (Å²) in [4.78, 5) is 19.7. The number of aromatic nitrogens is 1. The maximum absolute atomic E-state index is 13.2. The van der Waals surface area contributed by atoms with Gasteiger partial charge in [0.1, 0.15) is 5.82 Å². The number of likely N-dealkylation sites (N-methyl/N-ethyl adjacent to an activating group) is 1. The molecule has 7 nitrogen and oxygen atoms in total. The van der Waals surface area contributed by atoms with Gasteiger partial charge in [-0.25, -0.2) is 4.39 Å². The van der Waals surface area contributed by atoms with Crippen LogP contribution in [0.25, 0.3) is 10.9 Å². The number of fused-ring (bicyclic) bond motifs is 1. The normalized spacial score (nSPS) is 10.9. The number of aromatic amines is 1. The van der Waals surface area contributed by atoms with Gasteiger partial charge in [-0.3, -0.25) is 4.79 Å². The summed E-state index contributed by atoms with van der Waals surface area (Å²) in [6.07, 6.45) is 0. The van der Waals surface area contributed by atoms with Crippen LogP contribution in [0.1, 0.15) is 5.56 Å². The van der Waals surface area contributed by atoms with E-state index in [4.69, 9.17) is 21.7 Å². The number of nitrogens with one attached hydrogen (secondary N) is 2. The van der Waals surface area contributed by atoms with E-state index in [9.17, 15) is 9.18 Å². The third kappa shape index (κ3) is 5.74. The Morgan fingerprint density at radius 2 is 1.72 bits per heavy atom. The number of thiocarbonyl (C=S) groups is 1. The number of rotatable bonds is 8. The third-order valence-corrected chi connectivity index (χ3v) is 5.35. The van der Waals surface area contributed by atoms with Crippen molar-refractivity contribution in [2.24, 2.45) is 0 Å². The minimum atomic E-state index is -0.319. The van der Waals surface area contributed by atoms with Gasteiger partial charge >= 0.3 is 0 Å². The predicted octanol–water partition coefficient (Wildman–Crippen LogP) is 3.45. The van der Waals surface area contributed by atoms with Gasteiger partial charge in [0.05, 0.1) is 26.3 Å². The summed E-state index contributed by atoms with van der Waals surface area (Å²) in [6.45, 7) is 1.64. The van der Waals surface area contributed by atoms with Gasteiger partial charge in [-0.15, -0.1) is 0 Å². The number of hydrogen-bond acceptors (Lipinski definition) is 5. The fourth-order valence-electron chi connectivity index (χ4n) is 3.21. The SMILES string of the molecule is COc1cc2cc(CN(CCN(C)C)C(=S)Nc3ccc(F)cc3)c(=O)[nH]c2cc1OC. The van der Waals surface area contributed by atoms with E-state index in [1.807, 2.05) is 36.0 Å².